The summed E-state index contributed by atoms with van der Waals surface area (Å²) < 4.78 is 2.79. The van der Waals surface area contributed by atoms with Gasteiger partial charge in [-0.2, -0.15) is 0 Å². The summed E-state index contributed by atoms with van der Waals surface area (Å²) in [6.45, 7) is 4.09. The molecule has 0 aliphatic heterocycles. The van der Waals surface area contributed by atoms with Crippen LogP contribution < -0.4 is 5.56 Å². The molecule has 0 saturated heterocycles. The van der Waals surface area contributed by atoms with E-state index in [1.54, 1.807) is 16.3 Å². The molecule has 31 heavy (non-hydrogen) atoms. The summed E-state index contributed by atoms with van der Waals surface area (Å²) in [5, 5.41) is 1.66. The Labute approximate surface area is 192 Å². The van der Waals surface area contributed by atoms with E-state index in [0.717, 1.165) is 43.5 Å². The summed E-state index contributed by atoms with van der Waals surface area (Å²) in [6, 6.07) is 22.3. The number of hydrogen-bond acceptors (Lipinski definition) is 3. The number of para-hydroxylation sites is 1. The van der Waals surface area contributed by atoms with Gasteiger partial charge < -0.3 is 4.98 Å². The lowest BCUT2D eigenvalue weighted by Gasteiger charge is -2.14. The summed E-state index contributed by atoms with van der Waals surface area (Å²) in [7, 11) is 0. The van der Waals surface area contributed by atoms with Crippen molar-refractivity contribution in [2.24, 2.45) is 0 Å². The van der Waals surface area contributed by atoms with Gasteiger partial charge in [0.15, 0.2) is 5.16 Å². The number of rotatable bonds is 4. The van der Waals surface area contributed by atoms with Crippen molar-refractivity contribution in [3.05, 3.63) is 98.2 Å². The number of nitrogens with zero attached hydrogens (tertiary/aromatic N) is 2. The Kier molecular flexibility index (Phi) is 5.20. The Morgan fingerprint density at radius 3 is 2.45 bits per heavy atom. The maximum atomic E-state index is 13.7. The molecule has 4 nitrogen and oxygen atoms in total. The van der Waals surface area contributed by atoms with Crippen LogP contribution in [0.3, 0.4) is 0 Å². The van der Waals surface area contributed by atoms with Crippen LogP contribution in [0.5, 0.6) is 0 Å². The van der Waals surface area contributed by atoms with Crippen molar-refractivity contribution in [1.82, 2.24) is 14.5 Å². The largest absolute Gasteiger partial charge is 0.349 e. The van der Waals surface area contributed by atoms with Crippen LogP contribution in [-0.4, -0.2) is 14.5 Å². The highest BCUT2D eigenvalue weighted by Crippen LogP contribution is 2.29. The molecule has 154 valence electrons. The number of aryl methyl sites for hydroxylation is 2. The second kappa shape index (κ2) is 8.02. The minimum Gasteiger partial charge on any atom is -0.349 e. The van der Waals surface area contributed by atoms with Crippen LogP contribution in [0, 0.1) is 13.8 Å². The third-order valence-electron chi connectivity index (χ3n) is 5.24. The number of hydrogen-bond donors (Lipinski definition) is 1. The maximum Gasteiger partial charge on any atom is 0.283 e. The second-order valence-electron chi connectivity index (χ2n) is 7.69. The predicted octanol–water partition coefficient (Wildman–Crippen LogP) is 6.54. The summed E-state index contributed by atoms with van der Waals surface area (Å²) in [5.41, 5.74) is 6.34. The van der Waals surface area contributed by atoms with Crippen LogP contribution in [0.2, 0.25) is 0 Å². The SMILES string of the molecule is Cc1cc(C)cc(-n2c(SCc3ccc(Br)cc3)nc3c([nH]c4ccccc43)c2=O)c1. The third kappa shape index (κ3) is 3.82. The monoisotopic (exact) mass is 489 g/mol. The van der Waals surface area contributed by atoms with Gasteiger partial charge in [0, 0.05) is 21.1 Å². The second-order valence-corrected chi connectivity index (χ2v) is 9.55. The van der Waals surface area contributed by atoms with Crippen molar-refractivity contribution in [3.63, 3.8) is 0 Å². The molecule has 2 aromatic heterocycles. The topological polar surface area (TPSA) is 50.7 Å². The van der Waals surface area contributed by atoms with E-state index in [0.29, 0.717) is 10.7 Å². The first-order valence-corrected chi connectivity index (χ1v) is 11.8. The molecule has 0 amide bonds. The first-order chi connectivity index (χ1) is 15.0. The van der Waals surface area contributed by atoms with Gasteiger partial charge in [0.05, 0.1) is 5.69 Å². The lowest BCUT2D eigenvalue weighted by atomic mass is 10.1. The first kappa shape index (κ1) is 20.1. The number of benzene rings is 3. The molecule has 5 rings (SSSR count). The number of thioether (sulfide) groups is 1. The zero-order valence-electron chi connectivity index (χ0n) is 17.1. The molecular formula is C25H20BrN3OS. The van der Waals surface area contributed by atoms with Gasteiger partial charge in [-0.05, 0) is 60.9 Å². The summed E-state index contributed by atoms with van der Waals surface area (Å²) in [6.07, 6.45) is 0. The first-order valence-electron chi connectivity index (χ1n) is 9.99. The van der Waals surface area contributed by atoms with Crippen molar-refractivity contribution in [2.45, 2.75) is 24.8 Å². The number of aromatic nitrogens is 3. The molecule has 1 N–H and O–H groups in total. The Balaban J connectivity index is 1.72. The maximum absolute atomic E-state index is 13.7. The van der Waals surface area contributed by atoms with Gasteiger partial charge in [-0.3, -0.25) is 9.36 Å². The predicted molar refractivity (Wildman–Crippen MR) is 132 cm³/mol. The molecule has 2 heterocycles. The number of nitrogens with one attached hydrogen (secondary N) is 1. The fourth-order valence-corrected chi connectivity index (χ4v) is 5.10. The zero-order chi connectivity index (χ0) is 21.5. The lowest BCUT2D eigenvalue weighted by Crippen LogP contribution is -2.22. The molecule has 5 aromatic rings. The molecule has 0 unspecified atom stereocenters. The average Bonchev–Trinajstić information content (AvgIpc) is 3.12. The van der Waals surface area contributed by atoms with E-state index in [4.69, 9.17) is 4.98 Å². The van der Waals surface area contributed by atoms with E-state index < -0.39 is 0 Å². The molecule has 0 aliphatic carbocycles. The molecule has 0 bridgehead atoms. The van der Waals surface area contributed by atoms with Crippen molar-refractivity contribution in [1.29, 1.82) is 0 Å². The van der Waals surface area contributed by atoms with E-state index in [1.807, 2.05) is 62.4 Å². The molecule has 0 atom stereocenters. The number of H-pyrrole nitrogens is 1. The number of fused-ring (bicyclic) bond motifs is 3. The third-order valence-corrected chi connectivity index (χ3v) is 6.78. The van der Waals surface area contributed by atoms with Crippen molar-refractivity contribution in [3.8, 4) is 5.69 Å². The Bertz CT molecular complexity index is 1470. The summed E-state index contributed by atoms with van der Waals surface area (Å²) in [4.78, 5) is 21.9. The van der Waals surface area contributed by atoms with Crippen molar-refractivity contribution in [2.75, 3.05) is 0 Å². The molecule has 0 saturated carbocycles. The van der Waals surface area contributed by atoms with Crippen molar-refractivity contribution < 1.29 is 0 Å². The van der Waals surface area contributed by atoms with Gasteiger partial charge in [-0.25, -0.2) is 4.98 Å². The highest BCUT2D eigenvalue weighted by Gasteiger charge is 2.17. The Morgan fingerprint density at radius 2 is 1.71 bits per heavy atom. The van der Waals surface area contributed by atoms with Crippen LogP contribution in [0.25, 0.3) is 27.6 Å². The summed E-state index contributed by atoms with van der Waals surface area (Å²) >= 11 is 5.06. The standard InChI is InChI=1S/C25H20BrN3OS/c1-15-11-16(2)13-19(12-15)29-24(30)23-22(20-5-3-4-6-21(20)27-23)28-25(29)31-14-17-7-9-18(26)10-8-17/h3-13,27H,14H2,1-2H3. The van der Waals surface area contributed by atoms with Crippen LogP contribution in [0.1, 0.15) is 16.7 Å². The van der Waals surface area contributed by atoms with E-state index in [2.05, 4.69) is 39.1 Å². The van der Waals surface area contributed by atoms with E-state index in [1.165, 1.54) is 5.56 Å². The summed E-state index contributed by atoms with van der Waals surface area (Å²) in [5.74, 6) is 0.721. The minimum absolute atomic E-state index is 0.0792. The van der Waals surface area contributed by atoms with E-state index in [-0.39, 0.29) is 5.56 Å². The molecule has 0 radical (unpaired) electrons. The fourth-order valence-electron chi connectivity index (χ4n) is 3.88. The van der Waals surface area contributed by atoms with E-state index in [9.17, 15) is 4.79 Å². The number of halogens is 1. The minimum atomic E-state index is -0.0792. The van der Waals surface area contributed by atoms with Crippen LogP contribution in [-0.2, 0) is 5.75 Å². The van der Waals surface area contributed by atoms with Gasteiger partial charge in [0.25, 0.3) is 5.56 Å². The van der Waals surface area contributed by atoms with Crippen LogP contribution in [0.15, 0.2) is 81.2 Å². The molecular weight excluding hydrogens is 470 g/mol. The van der Waals surface area contributed by atoms with Crippen LogP contribution in [0.4, 0.5) is 0 Å². The Morgan fingerprint density at radius 1 is 1.00 bits per heavy atom. The van der Waals surface area contributed by atoms with E-state index >= 15 is 0 Å². The molecule has 0 aliphatic rings. The lowest BCUT2D eigenvalue weighted by molar-refractivity contribution is 0.817. The normalized spacial score (nSPS) is 11.5. The molecule has 3 aromatic carbocycles. The van der Waals surface area contributed by atoms with Gasteiger partial charge in [0.2, 0.25) is 0 Å². The zero-order valence-corrected chi connectivity index (χ0v) is 19.5. The van der Waals surface area contributed by atoms with Gasteiger partial charge in [-0.1, -0.05) is 64.1 Å². The van der Waals surface area contributed by atoms with Gasteiger partial charge in [0.1, 0.15) is 11.0 Å². The quantitative estimate of drug-likeness (QED) is 0.230. The smallest absolute Gasteiger partial charge is 0.283 e. The van der Waals surface area contributed by atoms with Gasteiger partial charge >= 0.3 is 0 Å². The Hall–Kier alpha value is -2.83. The molecule has 0 spiro atoms. The highest BCUT2D eigenvalue weighted by molar-refractivity contribution is 9.10. The fraction of sp³-hybridized carbons (Fsp3) is 0.120. The molecule has 0 fully saturated rings. The molecule has 6 heteroatoms. The average molecular weight is 490 g/mol. The van der Waals surface area contributed by atoms with Crippen LogP contribution >= 0.6 is 27.7 Å². The van der Waals surface area contributed by atoms with Crippen molar-refractivity contribution >= 4 is 49.6 Å². The van der Waals surface area contributed by atoms with Gasteiger partial charge in [-0.15, -0.1) is 0 Å². The number of aromatic amines is 1. The highest BCUT2D eigenvalue weighted by atomic mass is 79.9.